The van der Waals surface area contributed by atoms with Crippen molar-refractivity contribution in [2.75, 3.05) is 13.7 Å². The highest BCUT2D eigenvalue weighted by atomic mass is 19.1. The maximum Gasteiger partial charge on any atom is 0.337 e. The highest BCUT2D eigenvalue weighted by Crippen LogP contribution is 2.36. The van der Waals surface area contributed by atoms with Gasteiger partial charge in [-0.2, -0.15) is 0 Å². The summed E-state index contributed by atoms with van der Waals surface area (Å²) in [5.41, 5.74) is 2.73. The van der Waals surface area contributed by atoms with E-state index in [4.69, 9.17) is 4.74 Å². The first kappa shape index (κ1) is 13.6. The van der Waals surface area contributed by atoms with Crippen LogP contribution >= 0.6 is 0 Å². The lowest BCUT2D eigenvalue weighted by Gasteiger charge is -2.20. The summed E-state index contributed by atoms with van der Waals surface area (Å²) < 4.78 is 24.2. The summed E-state index contributed by atoms with van der Waals surface area (Å²) in [4.78, 5) is 11.6. The molecule has 0 saturated heterocycles. The number of fused-ring (bicyclic) bond motifs is 1. The molecule has 0 saturated carbocycles. The van der Waals surface area contributed by atoms with Gasteiger partial charge in [-0.25, -0.2) is 9.18 Å². The summed E-state index contributed by atoms with van der Waals surface area (Å²) >= 11 is 0. The van der Waals surface area contributed by atoms with Crippen molar-refractivity contribution in [2.24, 2.45) is 0 Å². The molecule has 2 aromatic rings. The molecule has 0 spiro atoms. The topological polar surface area (TPSA) is 35.5 Å². The van der Waals surface area contributed by atoms with Crippen LogP contribution in [-0.2, 0) is 11.2 Å². The number of hydrogen-bond donors (Lipinski definition) is 0. The van der Waals surface area contributed by atoms with Crippen LogP contribution in [0.25, 0.3) is 11.1 Å². The Balaban J connectivity index is 2.12. The third-order valence-electron chi connectivity index (χ3n) is 3.56. The van der Waals surface area contributed by atoms with Gasteiger partial charge in [-0.05, 0) is 42.2 Å². The zero-order chi connectivity index (χ0) is 14.8. The van der Waals surface area contributed by atoms with E-state index in [2.05, 4.69) is 4.74 Å². The van der Waals surface area contributed by atoms with Crippen LogP contribution in [0.15, 0.2) is 36.4 Å². The third-order valence-corrected chi connectivity index (χ3v) is 3.56. The number of esters is 1. The predicted octanol–water partition coefficient (Wildman–Crippen LogP) is 3.60. The van der Waals surface area contributed by atoms with Gasteiger partial charge < -0.3 is 9.47 Å². The number of halogens is 1. The van der Waals surface area contributed by atoms with Crippen molar-refractivity contribution >= 4 is 5.97 Å². The van der Waals surface area contributed by atoms with E-state index < -0.39 is 11.8 Å². The number of carbonyl (C=O) groups excluding carboxylic acids is 1. The van der Waals surface area contributed by atoms with E-state index >= 15 is 0 Å². The van der Waals surface area contributed by atoms with Gasteiger partial charge >= 0.3 is 5.97 Å². The average molecular weight is 286 g/mol. The van der Waals surface area contributed by atoms with Crippen LogP contribution in [0.4, 0.5) is 4.39 Å². The summed E-state index contributed by atoms with van der Waals surface area (Å²) in [5.74, 6) is -0.243. The first-order valence-corrected chi connectivity index (χ1v) is 6.83. The van der Waals surface area contributed by atoms with Gasteiger partial charge in [0.25, 0.3) is 0 Å². The molecule has 4 heteroatoms. The molecule has 1 heterocycles. The van der Waals surface area contributed by atoms with E-state index in [-0.39, 0.29) is 5.56 Å². The van der Waals surface area contributed by atoms with Crippen LogP contribution in [0.1, 0.15) is 22.3 Å². The molecule has 1 aliphatic heterocycles. The Labute approximate surface area is 122 Å². The molecule has 0 aromatic heterocycles. The molecule has 0 bridgehead atoms. The number of methoxy groups -OCH3 is 1. The SMILES string of the molecule is COC(=O)c1cc(F)cc(-c2cccc3c2OCCC3)c1. The molecule has 0 radical (unpaired) electrons. The van der Waals surface area contributed by atoms with Crippen molar-refractivity contribution in [3.05, 3.63) is 53.3 Å². The zero-order valence-electron chi connectivity index (χ0n) is 11.7. The maximum absolute atomic E-state index is 13.8. The van der Waals surface area contributed by atoms with Crippen molar-refractivity contribution < 1.29 is 18.7 Å². The Morgan fingerprint density at radius 3 is 2.95 bits per heavy atom. The van der Waals surface area contributed by atoms with E-state index in [1.807, 2.05) is 18.2 Å². The van der Waals surface area contributed by atoms with Gasteiger partial charge in [0.1, 0.15) is 11.6 Å². The second-order valence-electron chi connectivity index (χ2n) is 4.97. The minimum Gasteiger partial charge on any atom is -0.493 e. The molecule has 0 N–H and O–H groups in total. The molecule has 2 aromatic carbocycles. The molecule has 0 aliphatic carbocycles. The third kappa shape index (κ3) is 2.61. The lowest BCUT2D eigenvalue weighted by molar-refractivity contribution is 0.0600. The van der Waals surface area contributed by atoms with Crippen molar-refractivity contribution in [2.45, 2.75) is 12.8 Å². The van der Waals surface area contributed by atoms with E-state index in [9.17, 15) is 9.18 Å². The average Bonchev–Trinajstić information content (AvgIpc) is 2.53. The Hall–Kier alpha value is -2.36. The number of carbonyl (C=O) groups is 1. The number of ether oxygens (including phenoxy) is 2. The molecule has 0 fully saturated rings. The molecule has 21 heavy (non-hydrogen) atoms. The fourth-order valence-electron chi connectivity index (χ4n) is 2.60. The van der Waals surface area contributed by atoms with Crippen LogP contribution in [0.5, 0.6) is 5.75 Å². The van der Waals surface area contributed by atoms with Crippen molar-refractivity contribution in [1.82, 2.24) is 0 Å². The van der Waals surface area contributed by atoms with Crippen LogP contribution < -0.4 is 4.74 Å². The molecule has 0 amide bonds. The van der Waals surface area contributed by atoms with E-state index in [0.717, 1.165) is 29.7 Å². The molecule has 3 rings (SSSR count). The Morgan fingerprint density at radius 1 is 1.29 bits per heavy atom. The number of benzene rings is 2. The van der Waals surface area contributed by atoms with Crippen molar-refractivity contribution in [3.63, 3.8) is 0 Å². The van der Waals surface area contributed by atoms with Crippen molar-refractivity contribution in [1.29, 1.82) is 0 Å². The second kappa shape index (κ2) is 5.56. The Morgan fingerprint density at radius 2 is 2.14 bits per heavy atom. The second-order valence-corrected chi connectivity index (χ2v) is 4.97. The molecule has 3 nitrogen and oxygen atoms in total. The van der Waals surface area contributed by atoms with E-state index in [0.29, 0.717) is 12.2 Å². The van der Waals surface area contributed by atoms with Crippen molar-refractivity contribution in [3.8, 4) is 16.9 Å². The summed E-state index contributed by atoms with van der Waals surface area (Å²) in [6, 6.07) is 10.0. The van der Waals surface area contributed by atoms with E-state index in [1.165, 1.54) is 19.2 Å². The summed E-state index contributed by atoms with van der Waals surface area (Å²) in [5, 5.41) is 0. The van der Waals surface area contributed by atoms with Crippen LogP contribution in [0, 0.1) is 5.82 Å². The molecule has 0 unspecified atom stereocenters. The fourth-order valence-corrected chi connectivity index (χ4v) is 2.60. The summed E-state index contributed by atoms with van der Waals surface area (Å²) in [7, 11) is 1.28. The first-order valence-electron chi connectivity index (χ1n) is 6.83. The minimum atomic E-state index is -0.554. The summed E-state index contributed by atoms with van der Waals surface area (Å²) in [6.45, 7) is 0.656. The summed E-state index contributed by atoms with van der Waals surface area (Å²) in [6.07, 6.45) is 1.93. The monoisotopic (exact) mass is 286 g/mol. The Kier molecular flexibility index (Phi) is 3.60. The van der Waals surface area contributed by atoms with Gasteiger partial charge in [-0.1, -0.05) is 18.2 Å². The molecule has 108 valence electrons. The molecule has 1 aliphatic rings. The smallest absolute Gasteiger partial charge is 0.337 e. The van der Waals surface area contributed by atoms with Crippen LogP contribution in [0.3, 0.4) is 0 Å². The van der Waals surface area contributed by atoms with Gasteiger partial charge in [0.15, 0.2) is 0 Å². The van der Waals surface area contributed by atoms with Crippen LogP contribution in [0.2, 0.25) is 0 Å². The Bertz CT molecular complexity index is 694. The van der Waals surface area contributed by atoms with Gasteiger partial charge in [0, 0.05) is 5.56 Å². The predicted molar refractivity (Wildman–Crippen MR) is 77.0 cm³/mol. The zero-order valence-corrected chi connectivity index (χ0v) is 11.7. The number of hydrogen-bond acceptors (Lipinski definition) is 3. The standard InChI is InChI=1S/C17H15FO3/c1-20-17(19)13-8-12(9-14(18)10-13)15-6-2-4-11-5-3-7-21-16(11)15/h2,4,6,8-10H,3,5,7H2,1H3. The number of para-hydroxylation sites is 1. The molecular formula is C17H15FO3. The largest absolute Gasteiger partial charge is 0.493 e. The first-order chi connectivity index (χ1) is 10.2. The van der Waals surface area contributed by atoms with Gasteiger partial charge in [0.2, 0.25) is 0 Å². The molecular weight excluding hydrogens is 271 g/mol. The maximum atomic E-state index is 13.8. The quantitative estimate of drug-likeness (QED) is 0.791. The highest BCUT2D eigenvalue weighted by Gasteiger charge is 2.17. The number of aryl methyl sites for hydroxylation is 1. The lowest BCUT2D eigenvalue weighted by atomic mass is 9.96. The normalized spacial score (nSPS) is 13.2. The van der Waals surface area contributed by atoms with Gasteiger partial charge in [-0.3, -0.25) is 0 Å². The van der Waals surface area contributed by atoms with Gasteiger partial charge in [0.05, 0.1) is 19.3 Å². The van der Waals surface area contributed by atoms with Crippen LogP contribution in [-0.4, -0.2) is 19.7 Å². The number of rotatable bonds is 2. The minimum absolute atomic E-state index is 0.195. The van der Waals surface area contributed by atoms with Gasteiger partial charge in [-0.15, -0.1) is 0 Å². The highest BCUT2D eigenvalue weighted by molar-refractivity contribution is 5.91. The van der Waals surface area contributed by atoms with E-state index in [1.54, 1.807) is 6.07 Å². The fraction of sp³-hybridized carbons (Fsp3) is 0.235. The lowest BCUT2D eigenvalue weighted by Crippen LogP contribution is -2.09. The molecule has 0 atom stereocenters.